The molecule has 0 aliphatic heterocycles. The minimum Gasteiger partial charge on any atom is -0.393 e. The highest BCUT2D eigenvalue weighted by Gasteiger charge is 2.03. The van der Waals surface area contributed by atoms with Crippen LogP contribution in [0.5, 0.6) is 0 Å². The molecule has 2 atom stereocenters. The maximum Gasteiger partial charge on any atom is 0.313 e. The topological polar surface area (TPSA) is 43.4 Å². The zero-order valence-corrected chi connectivity index (χ0v) is 5.38. The van der Waals surface area contributed by atoms with Crippen molar-refractivity contribution in [2.45, 2.75) is 26.6 Å². The molecule has 0 aromatic rings. The summed E-state index contributed by atoms with van der Waals surface area (Å²) in [4.78, 5) is 21.1. The van der Waals surface area contributed by atoms with Gasteiger partial charge in [0.25, 0.3) is 0 Å². The smallest absolute Gasteiger partial charge is 0.313 e. The Hall–Kier alpha value is -0.860. The zero-order valence-electron chi connectivity index (χ0n) is 7.38. The van der Waals surface area contributed by atoms with Gasteiger partial charge in [0.1, 0.15) is 0 Å². The van der Waals surface area contributed by atoms with Crippen LogP contribution in [0.1, 0.15) is 29.4 Å². The third kappa shape index (κ3) is 3.70. The molecule has 0 aromatic carbocycles. The second kappa shape index (κ2) is 4.06. The van der Waals surface area contributed by atoms with Crippen LogP contribution in [0.15, 0.2) is 0 Å². The van der Waals surface area contributed by atoms with Gasteiger partial charge >= 0.3 is 11.9 Å². The van der Waals surface area contributed by atoms with Crippen molar-refractivity contribution in [3.8, 4) is 0 Å². The number of carbonyl (C=O) groups is 2. The first-order valence-corrected chi connectivity index (χ1v) is 2.55. The van der Waals surface area contributed by atoms with E-state index in [0.717, 1.165) is 0 Å². The monoisotopic (exact) mass is 132 g/mol. The maximum atomic E-state index is 10.5. The molecule has 0 aromatic heterocycles. The third-order valence-corrected chi connectivity index (χ3v) is 0.673. The molecule has 0 radical (unpaired) electrons. The van der Waals surface area contributed by atoms with E-state index < -0.39 is 24.7 Å². The Bertz CT molecular complexity index is 147. The quantitative estimate of drug-likeness (QED) is 0.413. The summed E-state index contributed by atoms with van der Waals surface area (Å²) in [5.41, 5.74) is 0. The minimum absolute atomic E-state index is 0.908. The molecule has 9 heavy (non-hydrogen) atoms. The average Bonchev–Trinajstić information content (AvgIpc) is 1.87. The fraction of sp³-hybridized carbons (Fsp3) is 0.667. The Kier molecular flexibility index (Phi) is 2.24. The number of hydrogen-bond acceptors (Lipinski definition) is 3. The van der Waals surface area contributed by atoms with Crippen LogP contribution in [-0.4, -0.2) is 11.9 Å². The van der Waals surface area contributed by atoms with Crippen LogP contribution in [0.25, 0.3) is 0 Å². The number of ether oxygens (including phenoxy) is 1. The van der Waals surface area contributed by atoms with Gasteiger partial charge in [0.2, 0.25) is 0 Å². The number of hydrogen-bond donors (Lipinski definition) is 0. The van der Waals surface area contributed by atoms with E-state index in [1.807, 2.05) is 0 Å². The molecule has 0 rings (SSSR count). The van der Waals surface area contributed by atoms with Gasteiger partial charge in [-0.15, -0.1) is 0 Å². The van der Waals surface area contributed by atoms with Gasteiger partial charge in [-0.3, -0.25) is 9.59 Å². The number of esters is 2. The van der Waals surface area contributed by atoms with E-state index >= 15 is 0 Å². The fourth-order valence-corrected chi connectivity index (χ4v) is 0.217. The first-order chi connectivity index (χ1) is 4.95. The third-order valence-electron chi connectivity index (χ3n) is 0.673. The van der Waals surface area contributed by atoms with Gasteiger partial charge in [0.15, 0.2) is 0 Å². The Morgan fingerprint density at radius 2 is 1.67 bits per heavy atom. The predicted octanol–water partition coefficient (Wildman–Crippen LogP) is 0.876. The molecule has 0 bridgehead atoms. The van der Waals surface area contributed by atoms with Crippen molar-refractivity contribution in [1.82, 2.24) is 0 Å². The Morgan fingerprint density at radius 3 is 1.89 bits per heavy atom. The molecule has 0 amide bonds. The molecule has 2 unspecified atom stereocenters. The second-order valence-electron chi connectivity index (χ2n) is 1.32. The number of rotatable bonds is 2. The summed E-state index contributed by atoms with van der Waals surface area (Å²) >= 11 is 0. The highest BCUT2D eigenvalue weighted by molar-refractivity contribution is 5.84. The second-order valence-corrected chi connectivity index (χ2v) is 1.32. The predicted molar refractivity (Wildman–Crippen MR) is 31.7 cm³/mol. The maximum absolute atomic E-state index is 10.5. The molecular formula is C6H10O3. The summed E-state index contributed by atoms with van der Waals surface area (Å²) in [6, 6.07) is 0. The van der Waals surface area contributed by atoms with Crippen molar-refractivity contribution >= 4 is 11.9 Å². The lowest BCUT2D eigenvalue weighted by Gasteiger charge is -1.95. The molecule has 0 fully saturated rings. The van der Waals surface area contributed by atoms with Crippen molar-refractivity contribution in [2.24, 2.45) is 0 Å². The Balaban J connectivity index is 3.86. The molecule has 0 heterocycles. The molecule has 0 saturated heterocycles. The van der Waals surface area contributed by atoms with E-state index in [2.05, 4.69) is 4.74 Å². The first-order valence-electron chi connectivity index (χ1n) is 3.70. The normalized spacial score (nSPS) is 18.9. The molecule has 52 valence electrons. The van der Waals surface area contributed by atoms with E-state index in [1.54, 1.807) is 0 Å². The standard InChI is InChI=1S/C6H10O3/c1-3-5(7)9-6(8)4-2/h3-4H2,1-2H3/i3D,4D. The van der Waals surface area contributed by atoms with Crippen LogP contribution >= 0.6 is 0 Å². The molecular weight excluding hydrogens is 120 g/mol. The summed E-state index contributed by atoms with van der Waals surface area (Å²) in [5.74, 6) is -1.82. The van der Waals surface area contributed by atoms with E-state index in [-0.39, 0.29) is 0 Å². The number of carbonyl (C=O) groups excluding carboxylic acids is 2. The van der Waals surface area contributed by atoms with Crippen LogP contribution < -0.4 is 0 Å². The lowest BCUT2D eigenvalue weighted by Crippen LogP contribution is -2.09. The largest absolute Gasteiger partial charge is 0.393 e. The van der Waals surface area contributed by atoms with Crippen LogP contribution in [0, 0.1) is 0 Å². The lowest BCUT2D eigenvalue weighted by atomic mass is 10.5. The van der Waals surface area contributed by atoms with Gasteiger partial charge < -0.3 is 4.74 Å². The van der Waals surface area contributed by atoms with Crippen LogP contribution in [0.4, 0.5) is 0 Å². The zero-order chi connectivity index (χ0) is 9.02. The lowest BCUT2D eigenvalue weighted by molar-refractivity contribution is -0.159. The molecule has 0 aliphatic carbocycles. The highest BCUT2D eigenvalue weighted by atomic mass is 16.6. The SMILES string of the molecule is [2H]C(C)C(=O)OC(=O)C([2H])C. The summed E-state index contributed by atoms with van der Waals surface area (Å²) in [6.07, 6.45) is -2.14. The first kappa shape index (κ1) is 4.97. The molecule has 0 spiro atoms. The Labute approximate surface area is 56.8 Å². The van der Waals surface area contributed by atoms with Crippen LogP contribution in [-0.2, 0) is 14.3 Å². The van der Waals surface area contributed by atoms with Crippen molar-refractivity contribution in [2.75, 3.05) is 0 Å². The van der Waals surface area contributed by atoms with Gasteiger partial charge in [0, 0.05) is 15.5 Å². The summed E-state index contributed by atoms with van der Waals surface area (Å²) < 4.78 is 17.8. The average molecular weight is 132 g/mol. The minimum atomic E-state index is -1.07. The van der Waals surface area contributed by atoms with Crippen molar-refractivity contribution in [3.63, 3.8) is 0 Å². The van der Waals surface area contributed by atoms with Crippen molar-refractivity contribution in [3.05, 3.63) is 0 Å². The fourth-order valence-electron chi connectivity index (χ4n) is 0.217. The van der Waals surface area contributed by atoms with Crippen molar-refractivity contribution in [1.29, 1.82) is 0 Å². The van der Waals surface area contributed by atoms with Crippen molar-refractivity contribution < 1.29 is 17.1 Å². The van der Waals surface area contributed by atoms with E-state index in [9.17, 15) is 9.59 Å². The van der Waals surface area contributed by atoms with E-state index in [4.69, 9.17) is 2.74 Å². The Morgan fingerprint density at radius 1 is 1.33 bits per heavy atom. The summed E-state index contributed by atoms with van der Waals surface area (Å²) in [6.45, 7) is 2.59. The molecule has 3 nitrogen and oxygen atoms in total. The summed E-state index contributed by atoms with van der Waals surface area (Å²) in [7, 11) is 0. The summed E-state index contributed by atoms with van der Waals surface area (Å²) in [5, 5.41) is 0. The van der Waals surface area contributed by atoms with E-state index in [0.29, 0.717) is 0 Å². The van der Waals surface area contributed by atoms with Crippen LogP contribution in [0.3, 0.4) is 0 Å². The molecule has 0 N–H and O–H groups in total. The van der Waals surface area contributed by atoms with E-state index in [1.165, 1.54) is 13.8 Å². The molecule has 3 heteroatoms. The van der Waals surface area contributed by atoms with Gasteiger partial charge in [0.05, 0.1) is 0 Å². The van der Waals surface area contributed by atoms with Gasteiger partial charge in [-0.2, -0.15) is 0 Å². The van der Waals surface area contributed by atoms with Gasteiger partial charge in [-0.1, -0.05) is 13.8 Å². The van der Waals surface area contributed by atoms with Gasteiger partial charge in [-0.05, 0) is 0 Å². The van der Waals surface area contributed by atoms with Gasteiger partial charge in [-0.25, -0.2) is 0 Å². The van der Waals surface area contributed by atoms with Crippen LogP contribution in [0.2, 0.25) is 0 Å². The molecule has 0 saturated carbocycles. The highest BCUT2D eigenvalue weighted by Crippen LogP contribution is 1.88. The molecule has 0 aliphatic rings.